The molecular weight excluding hydrogens is 322 g/mol. The monoisotopic (exact) mass is 343 g/mol. The first kappa shape index (κ1) is 16.7. The smallest absolute Gasteiger partial charge is 0.341 e. The van der Waals surface area contributed by atoms with Crippen molar-refractivity contribution in [3.8, 4) is 0 Å². The Balaban J connectivity index is 1.81. The van der Waals surface area contributed by atoms with E-state index in [4.69, 9.17) is 4.74 Å². The SMILES string of the molecule is COC(=O)c1c(NC(=O)Cc2ccc(C)cc2C)sc2c1CCC2. The number of benzene rings is 1. The number of esters is 1. The summed E-state index contributed by atoms with van der Waals surface area (Å²) in [4.78, 5) is 25.8. The van der Waals surface area contributed by atoms with Crippen molar-refractivity contribution in [2.24, 2.45) is 0 Å². The van der Waals surface area contributed by atoms with Crippen molar-refractivity contribution >= 4 is 28.2 Å². The molecule has 0 radical (unpaired) electrons. The lowest BCUT2D eigenvalue weighted by Gasteiger charge is -2.09. The van der Waals surface area contributed by atoms with Gasteiger partial charge in [0.1, 0.15) is 5.00 Å². The highest BCUT2D eigenvalue weighted by Gasteiger charge is 2.28. The van der Waals surface area contributed by atoms with E-state index < -0.39 is 0 Å². The quantitative estimate of drug-likeness (QED) is 0.859. The highest BCUT2D eigenvalue weighted by Crippen LogP contribution is 2.39. The summed E-state index contributed by atoms with van der Waals surface area (Å²) in [5.74, 6) is -0.469. The standard InChI is InChI=1S/C19H21NO3S/c1-11-7-8-13(12(2)9-11)10-16(21)20-18-17(19(22)23-3)14-5-4-6-15(14)24-18/h7-9H,4-6,10H2,1-3H3,(H,20,21). The summed E-state index contributed by atoms with van der Waals surface area (Å²) in [6, 6.07) is 6.07. The fourth-order valence-corrected chi connectivity index (χ4v) is 4.49. The number of fused-ring (bicyclic) bond motifs is 1. The number of ether oxygens (including phenoxy) is 1. The number of aryl methyl sites for hydroxylation is 3. The number of anilines is 1. The van der Waals surface area contributed by atoms with E-state index in [1.54, 1.807) is 0 Å². The molecule has 126 valence electrons. The van der Waals surface area contributed by atoms with Gasteiger partial charge in [0.15, 0.2) is 0 Å². The van der Waals surface area contributed by atoms with Gasteiger partial charge in [0, 0.05) is 4.88 Å². The molecule has 24 heavy (non-hydrogen) atoms. The Morgan fingerprint density at radius 3 is 2.75 bits per heavy atom. The third kappa shape index (κ3) is 3.22. The van der Waals surface area contributed by atoms with Crippen LogP contribution in [0.3, 0.4) is 0 Å². The zero-order valence-electron chi connectivity index (χ0n) is 14.2. The van der Waals surface area contributed by atoms with Crippen LogP contribution < -0.4 is 5.32 Å². The number of thiophene rings is 1. The van der Waals surface area contributed by atoms with Crippen LogP contribution in [0.4, 0.5) is 5.00 Å². The Labute approximate surface area is 145 Å². The summed E-state index contributed by atoms with van der Waals surface area (Å²) in [5.41, 5.74) is 4.88. The van der Waals surface area contributed by atoms with Crippen molar-refractivity contribution in [3.63, 3.8) is 0 Å². The van der Waals surface area contributed by atoms with Crippen LogP contribution in [0.2, 0.25) is 0 Å². The molecule has 1 aromatic heterocycles. The fourth-order valence-electron chi connectivity index (χ4n) is 3.20. The summed E-state index contributed by atoms with van der Waals surface area (Å²) < 4.78 is 4.91. The minimum Gasteiger partial charge on any atom is -0.465 e. The number of rotatable bonds is 4. The Hall–Kier alpha value is -2.14. The first-order chi connectivity index (χ1) is 11.5. The molecule has 1 N–H and O–H groups in total. The molecule has 0 saturated heterocycles. The molecule has 0 aliphatic heterocycles. The van der Waals surface area contributed by atoms with Gasteiger partial charge in [-0.05, 0) is 49.8 Å². The van der Waals surface area contributed by atoms with Gasteiger partial charge in [-0.2, -0.15) is 0 Å². The van der Waals surface area contributed by atoms with Gasteiger partial charge in [-0.3, -0.25) is 4.79 Å². The highest BCUT2D eigenvalue weighted by molar-refractivity contribution is 7.17. The number of methoxy groups -OCH3 is 1. The normalized spacial score (nSPS) is 12.8. The Kier molecular flexibility index (Phi) is 4.71. The molecule has 0 fully saturated rings. The maximum atomic E-state index is 12.5. The molecule has 5 heteroatoms. The van der Waals surface area contributed by atoms with Crippen molar-refractivity contribution in [2.45, 2.75) is 39.5 Å². The third-order valence-electron chi connectivity index (χ3n) is 4.41. The van der Waals surface area contributed by atoms with Crippen molar-refractivity contribution < 1.29 is 14.3 Å². The largest absolute Gasteiger partial charge is 0.465 e. The average Bonchev–Trinajstić information content (AvgIpc) is 3.10. The number of hydrogen-bond donors (Lipinski definition) is 1. The van der Waals surface area contributed by atoms with E-state index in [1.807, 2.05) is 26.0 Å². The zero-order chi connectivity index (χ0) is 17.3. The summed E-state index contributed by atoms with van der Waals surface area (Å²) in [5, 5.41) is 3.55. The molecule has 1 aromatic carbocycles. The van der Waals surface area contributed by atoms with Crippen molar-refractivity contribution in [1.29, 1.82) is 0 Å². The lowest BCUT2D eigenvalue weighted by Crippen LogP contribution is -2.17. The predicted molar refractivity (Wildman–Crippen MR) is 95.9 cm³/mol. The predicted octanol–water partition coefficient (Wildman–Crippen LogP) is 3.82. The second kappa shape index (κ2) is 6.77. The second-order valence-electron chi connectivity index (χ2n) is 6.21. The molecule has 3 rings (SSSR count). The summed E-state index contributed by atoms with van der Waals surface area (Å²) in [7, 11) is 1.38. The molecule has 0 bridgehead atoms. The minimum atomic E-state index is -0.365. The van der Waals surface area contributed by atoms with Crippen molar-refractivity contribution in [2.75, 3.05) is 12.4 Å². The van der Waals surface area contributed by atoms with Gasteiger partial charge in [-0.1, -0.05) is 23.8 Å². The van der Waals surface area contributed by atoms with Crippen LogP contribution in [0, 0.1) is 13.8 Å². The molecule has 1 heterocycles. The van der Waals surface area contributed by atoms with Gasteiger partial charge in [0.25, 0.3) is 0 Å². The first-order valence-electron chi connectivity index (χ1n) is 8.08. The second-order valence-corrected chi connectivity index (χ2v) is 7.31. The van der Waals surface area contributed by atoms with Crippen LogP contribution in [-0.2, 0) is 28.8 Å². The lowest BCUT2D eigenvalue weighted by atomic mass is 10.0. The molecule has 0 atom stereocenters. The van der Waals surface area contributed by atoms with Gasteiger partial charge in [0.2, 0.25) is 5.91 Å². The number of nitrogens with one attached hydrogen (secondary N) is 1. The first-order valence-corrected chi connectivity index (χ1v) is 8.90. The van der Waals surface area contributed by atoms with E-state index in [9.17, 15) is 9.59 Å². The van der Waals surface area contributed by atoms with Crippen LogP contribution in [0.5, 0.6) is 0 Å². The Morgan fingerprint density at radius 1 is 1.25 bits per heavy atom. The van der Waals surface area contributed by atoms with E-state index in [-0.39, 0.29) is 11.9 Å². The number of amides is 1. The van der Waals surface area contributed by atoms with Crippen LogP contribution in [0.25, 0.3) is 0 Å². The van der Waals surface area contributed by atoms with Gasteiger partial charge in [0.05, 0.1) is 19.1 Å². The summed E-state index contributed by atoms with van der Waals surface area (Å²) in [6.45, 7) is 4.04. The van der Waals surface area contributed by atoms with E-state index in [0.717, 1.165) is 36.0 Å². The van der Waals surface area contributed by atoms with E-state index in [0.29, 0.717) is 17.0 Å². The third-order valence-corrected chi connectivity index (χ3v) is 5.62. The van der Waals surface area contributed by atoms with Crippen LogP contribution >= 0.6 is 11.3 Å². The Morgan fingerprint density at radius 2 is 2.04 bits per heavy atom. The molecule has 0 spiro atoms. The number of hydrogen-bond acceptors (Lipinski definition) is 4. The Bertz CT molecular complexity index is 807. The topological polar surface area (TPSA) is 55.4 Å². The van der Waals surface area contributed by atoms with Crippen molar-refractivity contribution in [1.82, 2.24) is 0 Å². The molecular formula is C19H21NO3S. The molecule has 1 aliphatic carbocycles. The average molecular weight is 343 g/mol. The van der Waals surface area contributed by atoms with Gasteiger partial charge < -0.3 is 10.1 Å². The maximum Gasteiger partial charge on any atom is 0.341 e. The number of carbonyl (C=O) groups excluding carboxylic acids is 2. The molecule has 0 saturated carbocycles. The van der Waals surface area contributed by atoms with Crippen molar-refractivity contribution in [3.05, 3.63) is 50.9 Å². The molecule has 4 nitrogen and oxygen atoms in total. The van der Waals surface area contributed by atoms with Crippen LogP contribution in [-0.4, -0.2) is 19.0 Å². The van der Waals surface area contributed by atoms with Crippen LogP contribution in [0.15, 0.2) is 18.2 Å². The maximum absolute atomic E-state index is 12.5. The molecule has 1 aliphatic rings. The number of carbonyl (C=O) groups is 2. The minimum absolute atomic E-state index is 0.105. The summed E-state index contributed by atoms with van der Waals surface area (Å²) in [6.07, 6.45) is 3.21. The molecule has 0 unspecified atom stereocenters. The highest BCUT2D eigenvalue weighted by atomic mass is 32.1. The van der Waals surface area contributed by atoms with E-state index in [2.05, 4.69) is 11.4 Å². The molecule has 1 amide bonds. The molecule has 2 aromatic rings. The zero-order valence-corrected chi connectivity index (χ0v) is 15.0. The lowest BCUT2D eigenvalue weighted by molar-refractivity contribution is -0.115. The van der Waals surface area contributed by atoms with Gasteiger partial charge in [-0.25, -0.2) is 4.79 Å². The fraction of sp³-hybridized carbons (Fsp3) is 0.368. The summed E-state index contributed by atoms with van der Waals surface area (Å²) >= 11 is 1.51. The van der Waals surface area contributed by atoms with E-state index >= 15 is 0 Å². The van der Waals surface area contributed by atoms with Gasteiger partial charge >= 0.3 is 5.97 Å². The van der Waals surface area contributed by atoms with E-state index in [1.165, 1.54) is 28.9 Å². The van der Waals surface area contributed by atoms with Gasteiger partial charge in [-0.15, -0.1) is 11.3 Å². The van der Waals surface area contributed by atoms with Crippen LogP contribution in [0.1, 0.15) is 43.9 Å².